The summed E-state index contributed by atoms with van der Waals surface area (Å²) < 4.78 is 0. The molecule has 1 saturated carbocycles. The molecule has 1 aromatic carbocycles. The number of hydrogen-bond donors (Lipinski definition) is 3. The summed E-state index contributed by atoms with van der Waals surface area (Å²) >= 11 is 0. The van der Waals surface area contributed by atoms with Crippen molar-refractivity contribution in [1.82, 2.24) is 5.32 Å². The molecule has 0 spiro atoms. The summed E-state index contributed by atoms with van der Waals surface area (Å²) in [5, 5.41) is 13.2. The Morgan fingerprint density at radius 2 is 2.38 bits per heavy atom. The summed E-state index contributed by atoms with van der Waals surface area (Å²) in [5.41, 5.74) is 6.49. The number of nitrogens with two attached hydrogens (primary N) is 1. The molecule has 114 valence electrons. The minimum Gasteiger partial charge on any atom is -0.399 e. The predicted molar refractivity (Wildman–Crippen MR) is 85.5 cm³/mol. The van der Waals surface area contributed by atoms with Crippen molar-refractivity contribution in [2.75, 3.05) is 12.3 Å². The highest BCUT2D eigenvalue weighted by molar-refractivity contribution is 5.91. The van der Waals surface area contributed by atoms with Crippen LogP contribution < -0.4 is 11.1 Å². The third-order valence-electron chi connectivity index (χ3n) is 4.00. The van der Waals surface area contributed by atoms with Gasteiger partial charge in [0.1, 0.15) is 0 Å². The van der Waals surface area contributed by atoms with E-state index in [0.717, 1.165) is 31.2 Å². The molecule has 1 aromatic rings. The first-order valence-electron chi connectivity index (χ1n) is 7.51. The van der Waals surface area contributed by atoms with Gasteiger partial charge in [0.25, 0.3) is 0 Å². The van der Waals surface area contributed by atoms with Gasteiger partial charge in [-0.05, 0) is 42.5 Å². The monoisotopic (exact) mass is 288 g/mol. The number of nitrogens with one attached hydrogen (secondary N) is 1. The average molecular weight is 288 g/mol. The van der Waals surface area contributed by atoms with Crippen LogP contribution in [0.5, 0.6) is 0 Å². The number of anilines is 1. The van der Waals surface area contributed by atoms with E-state index in [2.05, 4.69) is 12.2 Å². The molecule has 4 heteroatoms. The molecule has 2 atom stereocenters. The molecule has 2 rings (SSSR count). The topological polar surface area (TPSA) is 75.3 Å². The van der Waals surface area contributed by atoms with Crippen molar-refractivity contribution in [3.8, 4) is 0 Å². The first kappa shape index (κ1) is 15.6. The fourth-order valence-corrected chi connectivity index (χ4v) is 2.94. The number of nitrogen functional groups attached to an aromatic ring is 1. The van der Waals surface area contributed by atoms with E-state index in [4.69, 9.17) is 5.73 Å². The fraction of sp³-hybridized carbons (Fsp3) is 0.471. The second kappa shape index (κ2) is 6.76. The number of rotatable bonds is 4. The minimum atomic E-state index is -0.752. The van der Waals surface area contributed by atoms with Crippen LogP contribution in [0, 0.1) is 5.92 Å². The van der Waals surface area contributed by atoms with Crippen molar-refractivity contribution in [3.63, 3.8) is 0 Å². The van der Waals surface area contributed by atoms with Crippen molar-refractivity contribution >= 4 is 17.7 Å². The van der Waals surface area contributed by atoms with Gasteiger partial charge in [-0.25, -0.2) is 0 Å². The van der Waals surface area contributed by atoms with Crippen LogP contribution in [0.3, 0.4) is 0 Å². The number of benzene rings is 1. The lowest BCUT2D eigenvalue weighted by atomic mass is 9.79. The van der Waals surface area contributed by atoms with Crippen LogP contribution in [-0.2, 0) is 4.79 Å². The van der Waals surface area contributed by atoms with Crippen LogP contribution in [0.2, 0.25) is 0 Å². The maximum absolute atomic E-state index is 11.8. The van der Waals surface area contributed by atoms with Gasteiger partial charge in [0.2, 0.25) is 5.91 Å². The second-order valence-electron chi connectivity index (χ2n) is 6.15. The predicted octanol–water partition coefficient (Wildman–Crippen LogP) is 2.34. The Hall–Kier alpha value is -1.81. The Balaban J connectivity index is 1.84. The zero-order valence-electron chi connectivity index (χ0n) is 12.5. The SMILES string of the molecule is CC1CCCC(O)(CNC(=O)/C=C/c2cccc(N)c2)C1. The van der Waals surface area contributed by atoms with E-state index in [9.17, 15) is 9.90 Å². The van der Waals surface area contributed by atoms with Crippen LogP contribution >= 0.6 is 0 Å². The van der Waals surface area contributed by atoms with Crippen LogP contribution in [0.25, 0.3) is 6.08 Å². The number of hydrogen-bond acceptors (Lipinski definition) is 3. The summed E-state index contributed by atoms with van der Waals surface area (Å²) in [5.74, 6) is 0.326. The van der Waals surface area contributed by atoms with Crippen molar-refractivity contribution in [2.45, 2.75) is 38.2 Å². The highest BCUT2D eigenvalue weighted by Gasteiger charge is 2.32. The van der Waals surface area contributed by atoms with E-state index in [0.29, 0.717) is 18.2 Å². The highest BCUT2D eigenvalue weighted by atomic mass is 16.3. The molecular formula is C17H24N2O2. The van der Waals surface area contributed by atoms with E-state index in [1.807, 2.05) is 12.1 Å². The second-order valence-corrected chi connectivity index (χ2v) is 6.15. The largest absolute Gasteiger partial charge is 0.399 e. The normalized spacial score (nSPS) is 25.9. The third kappa shape index (κ3) is 4.90. The standard InChI is InChI=1S/C17H24N2O2/c1-13-4-3-9-17(21,11-13)12-19-16(20)8-7-14-5-2-6-15(18)10-14/h2,5-8,10,13,21H,3-4,9,11-12,18H2,1H3,(H,19,20)/b8-7+. The molecule has 0 aromatic heterocycles. The smallest absolute Gasteiger partial charge is 0.244 e. The molecule has 0 radical (unpaired) electrons. The van der Waals surface area contributed by atoms with Gasteiger partial charge in [-0.15, -0.1) is 0 Å². The lowest BCUT2D eigenvalue weighted by molar-refractivity contribution is -0.118. The van der Waals surface area contributed by atoms with E-state index in [1.165, 1.54) is 6.08 Å². The van der Waals surface area contributed by atoms with Gasteiger partial charge in [-0.1, -0.05) is 31.9 Å². The average Bonchev–Trinajstić information content (AvgIpc) is 2.43. The van der Waals surface area contributed by atoms with Gasteiger partial charge in [-0.2, -0.15) is 0 Å². The van der Waals surface area contributed by atoms with Crippen molar-refractivity contribution in [1.29, 1.82) is 0 Å². The Morgan fingerprint density at radius 3 is 3.10 bits per heavy atom. The lowest BCUT2D eigenvalue weighted by Gasteiger charge is -2.35. The Kier molecular flexibility index (Phi) is 5.02. The van der Waals surface area contributed by atoms with Crippen LogP contribution in [0.4, 0.5) is 5.69 Å². The molecule has 1 aliphatic rings. The van der Waals surface area contributed by atoms with Gasteiger partial charge in [0.05, 0.1) is 5.60 Å². The molecule has 4 N–H and O–H groups in total. The summed E-state index contributed by atoms with van der Waals surface area (Å²) in [6.07, 6.45) is 6.89. The van der Waals surface area contributed by atoms with Gasteiger partial charge >= 0.3 is 0 Å². The van der Waals surface area contributed by atoms with Crippen LogP contribution in [0.1, 0.15) is 38.2 Å². The summed E-state index contributed by atoms with van der Waals surface area (Å²) in [6.45, 7) is 2.46. The molecule has 0 bridgehead atoms. The van der Waals surface area contributed by atoms with Gasteiger partial charge in [-0.3, -0.25) is 4.79 Å². The van der Waals surface area contributed by atoms with Gasteiger partial charge in [0, 0.05) is 18.3 Å². The van der Waals surface area contributed by atoms with Gasteiger partial charge in [0.15, 0.2) is 0 Å². The zero-order chi connectivity index (χ0) is 15.3. The molecule has 1 fully saturated rings. The molecule has 2 unspecified atom stereocenters. The van der Waals surface area contributed by atoms with E-state index >= 15 is 0 Å². The molecule has 0 saturated heterocycles. The maximum Gasteiger partial charge on any atom is 0.244 e. The summed E-state index contributed by atoms with van der Waals surface area (Å²) in [7, 11) is 0. The van der Waals surface area contributed by atoms with Crippen molar-refractivity contribution in [3.05, 3.63) is 35.9 Å². The first-order chi connectivity index (χ1) is 9.97. The van der Waals surface area contributed by atoms with Gasteiger partial charge < -0.3 is 16.2 Å². The highest BCUT2D eigenvalue weighted by Crippen LogP contribution is 2.31. The number of carbonyl (C=O) groups is 1. The molecule has 0 aliphatic heterocycles. The Morgan fingerprint density at radius 1 is 1.57 bits per heavy atom. The van der Waals surface area contributed by atoms with E-state index < -0.39 is 5.60 Å². The first-order valence-corrected chi connectivity index (χ1v) is 7.51. The minimum absolute atomic E-state index is 0.191. The number of aliphatic hydroxyl groups is 1. The molecular weight excluding hydrogens is 264 g/mol. The Bertz CT molecular complexity index is 527. The fourth-order valence-electron chi connectivity index (χ4n) is 2.94. The maximum atomic E-state index is 11.8. The van der Waals surface area contributed by atoms with E-state index in [-0.39, 0.29) is 5.91 Å². The van der Waals surface area contributed by atoms with Crippen LogP contribution in [0.15, 0.2) is 30.3 Å². The summed E-state index contributed by atoms with van der Waals surface area (Å²) in [4.78, 5) is 11.8. The van der Waals surface area contributed by atoms with Crippen molar-refractivity contribution in [2.24, 2.45) is 5.92 Å². The van der Waals surface area contributed by atoms with Crippen LogP contribution in [-0.4, -0.2) is 23.2 Å². The summed E-state index contributed by atoms with van der Waals surface area (Å²) in [6, 6.07) is 7.34. The molecule has 1 aliphatic carbocycles. The van der Waals surface area contributed by atoms with E-state index in [1.54, 1.807) is 18.2 Å². The third-order valence-corrected chi connectivity index (χ3v) is 4.00. The number of amides is 1. The zero-order valence-corrected chi connectivity index (χ0v) is 12.5. The quantitative estimate of drug-likeness (QED) is 0.588. The molecule has 21 heavy (non-hydrogen) atoms. The van der Waals surface area contributed by atoms with Crippen molar-refractivity contribution < 1.29 is 9.90 Å². The number of carbonyl (C=O) groups excluding carboxylic acids is 1. The molecule has 1 amide bonds. The molecule has 4 nitrogen and oxygen atoms in total. The Labute approximate surface area is 126 Å². The lowest BCUT2D eigenvalue weighted by Crippen LogP contribution is -2.45. The molecule has 0 heterocycles.